The number of aldehydes is 1. The van der Waals surface area contributed by atoms with Crippen molar-refractivity contribution in [3.8, 4) is 0 Å². The molecule has 2 amide bonds. The summed E-state index contributed by atoms with van der Waals surface area (Å²) in [4.78, 5) is 57.8. The number of ether oxygens (including phenoxy) is 1. The van der Waals surface area contributed by atoms with Crippen LogP contribution in [-0.4, -0.2) is 70.6 Å². The van der Waals surface area contributed by atoms with Crippen LogP contribution in [0.3, 0.4) is 0 Å². The Bertz CT molecular complexity index is 927. The van der Waals surface area contributed by atoms with E-state index in [1.807, 2.05) is 0 Å². The van der Waals surface area contributed by atoms with Gasteiger partial charge in [0.25, 0.3) is 11.8 Å². The van der Waals surface area contributed by atoms with Crippen LogP contribution in [0.15, 0.2) is 21.8 Å². The van der Waals surface area contributed by atoms with Gasteiger partial charge in [-0.05, 0) is 0 Å². The van der Waals surface area contributed by atoms with Crippen molar-refractivity contribution in [2.24, 2.45) is 5.16 Å². The highest BCUT2D eigenvalue weighted by Crippen LogP contribution is 2.39. The van der Waals surface area contributed by atoms with E-state index >= 15 is 0 Å². The van der Waals surface area contributed by atoms with Crippen molar-refractivity contribution in [3.63, 3.8) is 0 Å². The molecule has 3 rings (SSSR count). The Morgan fingerprint density at radius 2 is 2.28 bits per heavy atom. The van der Waals surface area contributed by atoms with Crippen molar-refractivity contribution in [2.75, 3.05) is 25.2 Å². The van der Waals surface area contributed by atoms with Crippen molar-refractivity contribution in [1.29, 1.82) is 0 Å². The minimum Gasteiger partial charge on any atom is -0.461 e. The molecule has 1 unspecified atom stereocenters. The number of fused-ring (bicyclic) bond motifs is 1. The minimum atomic E-state index is -0.851. The summed E-state index contributed by atoms with van der Waals surface area (Å²) in [6.45, 7) is 1.19. The van der Waals surface area contributed by atoms with Crippen LogP contribution in [0.25, 0.3) is 0 Å². The molecule has 0 radical (unpaired) electrons. The Labute approximate surface area is 173 Å². The number of carbonyl (C=O) groups excluding carboxylic acids is 4. The standard InChI is InChI=1S/C16H17N5O6S2/c1-7(23)27-4-8-5-28-15-12(14(25)21(15)10(8)3-22)19-13(24)11(20-26-2)9-6-29-16(17)18-9/h3,6,12,15H,4-5H2,1-2H3,(H2,17,18)(H,19,24)/b20-11-/t12?,15-/m1/s1. The highest BCUT2D eigenvalue weighted by Gasteiger charge is 2.53. The van der Waals surface area contributed by atoms with Gasteiger partial charge in [-0.25, -0.2) is 4.98 Å². The number of nitrogens with zero attached hydrogens (tertiary/aromatic N) is 3. The number of esters is 1. The Morgan fingerprint density at radius 1 is 1.52 bits per heavy atom. The molecular formula is C16H17N5O6S2. The van der Waals surface area contributed by atoms with Crippen molar-refractivity contribution < 1.29 is 28.8 Å². The number of hydrogen-bond acceptors (Lipinski definition) is 11. The lowest BCUT2D eigenvalue weighted by molar-refractivity contribution is -0.146. The number of thioether (sulfide) groups is 1. The third kappa shape index (κ3) is 4.10. The summed E-state index contributed by atoms with van der Waals surface area (Å²) < 4.78 is 4.93. The molecular weight excluding hydrogens is 422 g/mol. The number of oxime groups is 1. The fourth-order valence-electron chi connectivity index (χ4n) is 2.80. The predicted molar refractivity (Wildman–Crippen MR) is 105 cm³/mol. The van der Waals surface area contributed by atoms with Gasteiger partial charge in [0.15, 0.2) is 17.1 Å². The molecule has 11 nitrogen and oxygen atoms in total. The molecule has 0 aliphatic carbocycles. The van der Waals surface area contributed by atoms with Crippen LogP contribution in [0, 0.1) is 0 Å². The Morgan fingerprint density at radius 3 is 2.86 bits per heavy atom. The molecule has 0 spiro atoms. The number of amides is 2. The monoisotopic (exact) mass is 439 g/mol. The number of carbonyl (C=O) groups is 4. The minimum absolute atomic E-state index is 0.0696. The number of hydrogen-bond donors (Lipinski definition) is 2. The van der Waals surface area contributed by atoms with Gasteiger partial charge in [0.05, 0.1) is 5.70 Å². The molecule has 3 N–H and O–H groups in total. The average Bonchev–Trinajstić information content (AvgIpc) is 3.13. The smallest absolute Gasteiger partial charge is 0.302 e. The predicted octanol–water partition coefficient (Wildman–Crippen LogP) is -0.508. The van der Waals surface area contributed by atoms with Crippen LogP contribution >= 0.6 is 23.1 Å². The lowest BCUT2D eigenvalue weighted by atomic mass is 10.0. The highest BCUT2D eigenvalue weighted by molar-refractivity contribution is 8.00. The second-order valence-corrected chi connectivity index (χ2v) is 7.94. The number of β-lactam (4-membered cyclic amide) rings is 1. The molecule has 1 aromatic heterocycles. The van der Waals surface area contributed by atoms with Crippen LogP contribution in [-0.2, 0) is 28.8 Å². The Kier molecular flexibility index (Phi) is 6.17. The quantitative estimate of drug-likeness (QED) is 0.188. The van der Waals surface area contributed by atoms with Gasteiger partial charge in [0, 0.05) is 23.6 Å². The maximum absolute atomic E-state index is 12.6. The molecule has 0 aromatic carbocycles. The maximum atomic E-state index is 12.6. The number of nitrogens with two attached hydrogens (primary N) is 1. The van der Waals surface area contributed by atoms with Crippen molar-refractivity contribution in [3.05, 3.63) is 22.3 Å². The second-order valence-electron chi connectivity index (χ2n) is 5.94. The van der Waals surface area contributed by atoms with Gasteiger partial charge >= 0.3 is 5.97 Å². The van der Waals surface area contributed by atoms with Gasteiger partial charge < -0.3 is 20.6 Å². The number of allylic oxidation sites excluding steroid dienone is 1. The molecule has 29 heavy (non-hydrogen) atoms. The molecule has 1 aromatic rings. The molecule has 2 atom stereocenters. The van der Waals surface area contributed by atoms with Crippen molar-refractivity contribution >= 4 is 58.0 Å². The van der Waals surface area contributed by atoms with Crippen LogP contribution in [0.5, 0.6) is 0 Å². The zero-order chi connectivity index (χ0) is 21.1. The van der Waals surface area contributed by atoms with Crippen LogP contribution in [0.4, 0.5) is 5.13 Å². The lowest BCUT2D eigenvalue weighted by Crippen LogP contribution is -2.70. The van der Waals surface area contributed by atoms with E-state index in [0.29, 0.717) is 17.6 Å². The molecule has 1 saturated heterocycles. The van der Waals surface area contributed by atoms with E-state index in [9.17, 15) is 19.2 Å². The number of nitrogens with one attached hydrogen (secondary N) is 1. The average molecular weight is 439 g/mol. The van der Waals surface area contributed by atoms with Gasteiger partial charge in [-0.3, -0.25) is 24.1 Å². The van der Waals surface area contributed by atoms with Crippen LogP contribution in [0.1, 0.15) is 12.6 Å². The molecule has 1 fully saturated rings. The van der Waals surface area contributed by atoms with Gasteiger partial charge in [-0.1, -0.05) is 5.16 Å². The fraction of sp³-hybridized carbons (Fsp3) is 0.375. The third-order valence-corrected chi connectivity index (χ3v) is 6.12. The molecule has 0 bridgehead atoms. The first-order valence-corrected chi connectivity index (χ1v) is 10.2. The molecule has 0 saturated carbocycles. The van der Waals surface area contributed by atoms with Gasteiger partial charge in [0.2, 0.25) is 0 Å². The molecule has 3 heterocycles. The Hall–Kier alpha value is -2.93. The fourth-order valence-corrected chi connectivity index (χ4v) is 4.69. The van der Waals surface area contributed by atoms with Crippen LogP contribution in [0.2, 0.25) is 0 Å². The zero-order valence-electron chi connectivity index (χ0n) is 15.4. The van der Waals surface area contributed by atoms with Gasteiger partial charge in [-0.15, -0.1) is 23.1 Å². The van der Waals surface area contributed by atoms with E-state index in [0.717, 1.165) is 11.3 Å². The largest absolute Gasteiger partial charge is 0.461 e. The van der Waals surface area contributed by atoms with Crippen molar-refractivity contribution in [2.45, 2.75) is 18.3 Å². The highest BCUT2D eigenvalue weighted by atomic mass is 32.2. The molecule has 2 aliphatic heterocycles. The second kappa shape index (κ2) is 8.61. The number of nitrogen functional groups attached to an aromatic ring is 1. The summed E-state index contributed by atoms with van der Waals surface area (Å²) in [5.74, 6) is -1.21. The lowest BCUT2D eigenvalue weighted by Gasteiger charge is -2.49. The van der Waals surface area contributed by atoms with Crippen molar-refractivity contribution in [1.82, 2.24) is 15.2 Å². The summed E-state index contributed by atoms with van der Waals surface area (Å²) in [5.41, 5.74) is 6.40. The summed E-state index contributed by atoms with van der Waals surface area (Å²) in [7, 11) is 1.28. The number of thiazole rings is 1. The van der Waals surface area contributed by atoms with E-state index in [-0.39, 0.29) is 28.8 Å². The Balaban J connectivity index is 1.74. The maximum Gasteiger partial charge on any atom is 0.302 e. The van der Waals surface area contributed by atoms with Crippen LogP contribution < -0.4 is 11.1 Å². The SMILES string of the molecule is CO/N=C(\C(=O)NC1C(=O)N2C(C=O)=C(COC(C)=O)CS[C@H]12)c1csc(N)n1. The van der Waals surface area contributed by atoms with E-state index in [1.54, 1.807) is 5.38 Å². The first-order valence-electron chi connectivity index (χ1n) is 8.26. The van der Waals surface area contributed by atoms with E-state index in [2.05, 4.69) is 15.5 Å². The first-order chi connectivity index (χ1) is 13.9. The summed E-state index contributed by atoms with van der Waals surface area (Å²) >= 11 is 2.48. The molecule has 154 valence electrons. The van der Waals surface area contributed by atoms with E-state index in [4.69, 9.17) is 15.3 Å². The van der Waals surface area contributed by atoms with E-state index < -0.39 is 29.2 Å². The molecule has 2 aliphatic rings. The molecule has 13 heteroatoms. The number of anilines is 1. The topological polar surface area (TPSA) is 153 Å². The summed E-state index contributed by atoms with van der Waals surface area (Å²) in [5, 5.41) is 7.63. The van der Waals surface area contributed by atoms with E-state index in [1.165, 1.54) is 30.7 Å². The zero-order valence-corrected chi connectivity index (χ0v) is 17.0. The van der Waals surface area contributed by atoms with Gasteiger partial charge in [-0.2, -0.15) is 0 Å². The normalized spacial score (nSPS) is 21.2. The summed E-state index contributed by atoms with van der Waals surface area (Å²) in [6.07, 6.45) is 0.553. The number of rotatable bonds is 7. The first kappa shape index (κ1) is 20.8. The third-order valence-electron chi connectivity index (χ3n) is 4.10. The van der Waals surface area contributed by atoms with Gasteiger partial charge in [0.1, 0.15) is 30.8 Å². The number of aromatic nitrogens is 1. The summed E-state index contributed by atoms with van der Waals surface area (Å²) in [6, 6.07) is -0.851.